The monoisotopic (exact) mass is 572 g/mol. The minimum absolute atomic E-state index is 0.0972. The van der Waals surface area contributed by atoms with Crippen LogP contribution in [0.25, 0.3) is 0 Å². The van der Waals surface area contributed by atoms with Crippen molar-refractivity contribution in [3.63, 3.8) is 0 Å². The lowest BCUT2D eigenvalue weighted by molar-refractivity contribution is -0.147. The van der Waals surface area contributed by atoms with Crippen LogP contribution in [0.4, 0.5) is 0 Å². The quantitative estimate of drug-likeness (QED) is 0.0593. The maximum atomic E-state index is 11.5. The molecule has 0 saturated carbocycles. The number of ether oxygens (including phenoxy) is 1. The van der Waals surface area contributed by atoms with Gasteiger partial charge in [-0.05, 0) is 6.42 Å². The number of aliphatic hydroxyl groups excluding tert-OH is 2. The number of nitrogens with two attached hydrogens (primary N) is 2. The lowest BCUT2D eigenvalue weighted by Crippen LogP contribution is -2.32. The van der Waals surface area contributed by atoms with Crippen LogP contribution < -0.4 is 11.5 Å². The molecule has 0 aromatic heterocycles. The number of hydrogen-bond donors (Lipinski definition) is 6. The van der Waals surface area contributed by atoms with Gasteiger partial charge < -0.3 is 31.5 Å². The fourth-order valence-electron chi connectivity index (χ4n) is 3.37. The summed E-state index contributed by atoms with van der Waals surface area (Å²) in [6.45, 7) is 3.32. The van der Waals surface area contributed by atoms with E-state index in [0.717, 1.165) is 19.3 Å². The second-order valence-corrected chi connectivity index (χ2v) is 10.7. The molecule has 0 bridgehead atoms. The minimum Gasteiger partial charge on any atom is -0.480 e. The molecule has 38 heavy (non-hydrogen) atoms. The van der Waals surface area contributed by atoms with Crippen molar-refractivity contribution in [2.45, 2.75) is 121 Å². The van der Waals surface area contributed by atoms with Gasteiger partial charge in [-0.25, -0.2) is 0 Å². The molecule has 11 nitrogen and oxygen atoms in total. The van der Waals surface area contributed by atoms with E-state index in [9.17, 15) is 18.0 Å². The molecule has 0 saturated heterocycles. The Morgan fingerprint density at radius 3 is 1.29 bits per heavy atom. The van der Waals surface area contributed by atoms with E-state index < -0.39 is 33.7 Å². The number of hydrogen-bond acceptors (Lipinski definition) is 9. The number of esters is 1. The number of carboxylic acids is 1. The zero-order valence-corrected chi connectivity index (χ0v) is 24.3. The molecule has 0 aliphatic carbocycles. The number of aliphatic hydroxyl groups is 2. The van der Waals surface area contributed by atoms with Crippen LogP contribution in [0.3, 0.4) is 0 Å². The van der Waals surface area contributed by atoms with Gasteiger partial charge in [-0.15, -0.1) is 0 Å². The summed E-state index contributed by atoms with van der Waals surface area (Å²) >= 11 is 0. The number of rotatable bonds is 23. The molecule has 1 atom stereocenters. The van der Waals surface area contributed by atoms with Gasteiger partial charge in [0.2, 0.25) is 0 Å². The Kier molecular flexibility index (Phi) is 34.6. The number of aliphatic carboxylic acids is 1. The van der Waals surface area contributed by atoms with Crippen LogP contribution in [-0.4, -0.2) is 78.4 Å². The standard InChI is InChI=1S/C22H42O7S.2C2H7NO/c1-2-3-4-5-6-7-8-9-10-11-12-13-14-15-16-17-18-29-21(23)19-20(22(24)25)30(26,27)28;2*3-1-2-4/h20H,2-19H2,1H3,(H,24,25)(H,26,27,28);2*4H,1-3H2. The average molecular weight is 573 g/mol. The second kappa shape index (κ2) is 31.9. The molecule has 230 valence electrons. The molecule has 0 aliphatic rings. The first-order chi connectivity index (χ1) is 18.1. The Hall–Kier alpha value is -1.31. The average Bonchev–Trinajstić information content (AvgIpc) is 2.88. The Balaban J connectivity index is -0.00000133. The van der Waals surface area contributed by atoms with Crippen molar-refractivity contribution in [2.75, 3.05) is 32.9 Å². The highest BCUT2D eigenvalue weighted by atomic mass is 32.2. The van der Waals surface area contributed by atoms with Gasteiger partial charge in [-0.3, -0.25) is 14.1 Å². The van der Waals surface area contributed by atoms with Gasteiger partial charge >= 0.3 is 11.9 Å². The van der Waals surface area contributed by atoms with Gasteiger partial charge in [0.25, 0.3) is 10.1 Å². The SMILES string of the molecule is CCCCCCCCCCCCCCCCCCOC(=O)CC(C(=O)O)S(=O)(=O)O.NCCO.NCCO. The first-order valence-electron chi connectivity index (χ1n) is 14.1. The van der Waals surface area contributed by atoms with Gasteiger partial charge in [0, 0.05) is 13.1 Å². The van der Waals surface area contributed by atoms with Crippen LogP contribution in [0.2, 0.25) is 0 Å². The van der Waals surface area contributed by atoms with E-state index in [1.807, 2.05) is 0 Å². The Morgan fingerprint density at radius 2 is 1.03 bits per heavy atom. The van der Waals surface area contributed by atoms with E-state index in [-0.39, 0.29) is 19.8 Å². The topological polar surface area (TPSA) is 210 Å². The summed E-state index contributed by atoms with van der Waals surface area (Å²) in [7, 11) is -4.82. The molecule has 1 unspecified atom stereocenters. The van der Waals surface area contributed by atoms with E-state index in [4.69, 9.17) is 36.1 Å². The highest BCUT2D eigenvalue weighted by molar-refractivity contribution is 7.87. The summed E-state index contributed by atoms with van der Waals surface area (Å²) in [5, 5.41) is 22.1. The molecule has 0 spiro atoms. The van der Waals surface area contributed by atoms with E-state index in [1.165, 1.54) is 77.0 Å². The second-order valence-electron chi connectivity index (χ2n) is 9.09. The Morgan fingerprint density at radius 1 is 0.711 bits per heavy atom. The summed E-state index contributed by atoms with van der Waals surface area (Å²) in [6, 6.07) is 0. The van der Waals surface area contributed by atoms with Crippen molar-refractivity contribution in [3.8, 4) is 0 Å². The summed E-state index contributed by atoms with van der Waals surface area (Å²) in [6.07, 6.45) is 18.9. The van der Waals surface area contributed by atoms with Crippen LogP contribution in [0.1, 0.15) is 116 Å². The highest BCUT2D eigenvalue weighted by Crippen LogP contribution is 2.14. The van der Waals surface area contributed by atoms with Crippen LogP contribution in [0.5, 0.6) is 0 Å². The molecule has 0 radical (unpaired) electrons. The lowest BCUT2D eigenvalue weighted by atomic mass is 10.0. The molecule has 0 fully saturated rings. The molecule has 8 N–H and O–H groups in total. The van der Waals surface area contributed by atoms with Crippen molar-refractivity contribution in [1.82, 2.24) is 0 Å². The fourth-order valence-corrected chi connectivity index (χ4v) is 3.97. The van der Waals surface area contributed by atoms with Crippen LogP contribution in [-0.2, 0) is 24.4 Å². The first-order valence-corrected chi connectivity index (χ1v) is 15.6. The van der Waals surface area contributed by atoms with Crippen molar-refractivity contribution >= 4 is 22.1 Å². The van der Waals surface area contributed by atoms with Crippen molar-refractivity contribution in [3.05, 3.63) is 0 Å². The van der Waals surface area contributed by atoms with E-state index in [0.29, 0.717) is 19.5 Å². The zero-order chi connectivity index (χ0) is 29.5. The normalized spacial score (nSPS) is 11.5. The van der Waals surface area contributed by atoms with E-state index >= 15 is 0 Å². The number of carboxylic acid groups (broad SMARTS) is 1. The number of carbonyl (C=O) groups excluding carboxylic acids is 1. The number of unbranched alkanes of at least 4 members (excludes halogenated alkanes) is 15. The van der Waals surface area contributed by atoms with E-state index in [1.54, 1.807) is 0 Å². The summed E-state index contributed by atoms with van der Waals surface area (Å²) in [4.78, 5) is 22.3. The zero-order valence-electron chi connectivity index (χ0n) is 23.5. The Bertz CT molecular complexity index is 612. The largest absolute Gasteiger partial charge is 0.480 e. The third kappa shape index (κ3) is 34.7. The van der Waals surface area contributed by atoms with Crippen LogP contribution in [0.15, 0.2) is 0 Å². The molecule has 12 heteroatoms. The predicted molar refractivity (Wildman–Crippen MR) is 150 cm³/mol. The molecule has 0 rings (SSSR count). The molecule has 0 aromatic rings. The molecule has 0 heterocycles. The van der Waals surface area contributed by atoms with Crippen LogP contribution in [0, 0.1) is 0 Å². The highest BCUT2D eigenvalue weighted by Gasteiger charge is 2.33. The van der Waals surface area contributed by atoms with Gasteiger partial charge in [0.05, 0.1) is 26.2 Å². The Labute approximate surface area is 230 Å². The maximum Gasteiger partial charge on any atom is 0.325 e. The first kappa shape index (κ1) is 41.2. The summed E-state index contributed by atoms with van der Waals surface area (Å²) in [5.74, 6) is -2.70. The number of carbonyl (C=O) groups is 2. The molecular weight excluding hydrogens is 516 g/mol. The van der Waals surface area contributed by atoms with Crippen molar-refractivity contribution in [2.24, 2.45) is 11.5 Å². The molecule has 0 aromatic carbocycles. The predicted octanol–water partition coefficient (Wildman–Crippen LogP) is 3.40. The lowest BCUT2D eigenvalue weighted by Gasteiger charge is -2.09. The minimum atomic E-state index is -4.82. The molecular formula is C26H56N2O9S. The van der Waals surface area contributed by atoms with Crippen LogP contribution >= 0.6 is 0 Å². The fraction of sp³-hybridized carbons (Fsp3) is 0.923. The van der Waals surface area contributed by atoms with Gasteiger partial charge in [-0.2, -0.15) is 8.42 Å². The van der Waals surface area contributed by atoms with Crippen molar-refractivity contribution < 1.29 is 42.6 Å². The summed E-state index contributed by atoms with van der Waals surface area (Å²) < 4.78 is 35.5. The van der Waals surface area contributed by atoms with Gasteiger partial charge in [0.15, 0.2) is 5.25 Å². The van der Waals surface area contributed by atoms with Gasteiger partial charge in [-0.1, -0.05) is 103 Å². The maximum absolute atomic E-state index is 11.5. The molecule has 0 amide bonds. The summed E-state index contributed by atoms with van der Waals surface area (Å²) in [5.41, 5.74) is 9.56. The third-order valence-electron chi connectivity index (χ3n) is 5.51. The van der Waals surface area contributed by atoms with E-state index in [2.05, 4.69) is 6.92 Å². The molecule has 0 aliphatic heterocycles. The van der Waals surface area contributed by atoms with Gasteiger partial charge in [0.1, 0.15) is 0 Å². The van der Waals surface area contributed by atoms with Crippen molar-refractivity contribution in [1.29, 1.82) is 0 Å². The smallest absolute Gasteiger partial charge is 0.325 e. The third-order valence-corrected chi connectivity index (χ3v) is 6.59.